The lowest BCUT2D eigenvalue weighted by molar-refractivity contribution is -0.133. The predicted octanol–water partition coefficient (Wildman–Crippen LogP) is 1.46. The number of rotatable bonds is 3. The summed E-state index contributed by atoms with van der Waals surface area (Å²) >= 11 is 0. The SMILES string of the molecule is O=C1CCC(N2Cc3cc(C#CCCCO)ccc3C2=O)C(=O)C1. The average molecular weight is 325 g/mol. The molecule has 0 saturated heterocycles. The first-order valence-electron chi connectivity index (χ1n) is 8.18. The number of carbonyl (C=O) groups excluding carboxylic acids is 3. The van der Waals surface area contributed by atoms with Crippen LogP contribution in [0.3, 0.4) is 0 Å². The number of benzene rings is 1. The fourth-order valence-electron chi connectivity index (χ4n) is 3.19. The first-order chi connectivity index (χ1) is 11.6. The molecule has 0 aromatic heterocycles. The molecule has 1 aromatic rings. The smallest absolute Gasteiger partial charge is 0.255 e. The molecule has 2 aliphatic rings. The van der Waals surface area contributed by atoms with Crippen molar-refractivity contribution < 1.29 is 19.5 Å². The Kier molecular flexibility index (Phi) is 4.77. The molecular formula is C19H19NO4. The number of Topliss-reactive ketones (excluding diaryl/α,β-unsaturated/α-hetero) is 2. The van der Waals surface area contributed by atoms with Crippen molar-refractivity contribution >= 4 is 17.5 Å². The summed E-state index contributed by atoms with van der Waals surface area (Å²) in [5, 5.41) is 8.75. The third kappa shape index (κ3) is 3.24. The molecule has 1 aliphatic carbocycles. The second kappa shape index (κ2) is 6.98. The largest absolute Gasteiger partial charge is 0.396 e. The minimum atomic E-state index is -0.485. The molecule has 1 N–H and O–H groups in total. The van der Waals surface area contributed by atoms with E-state index in [2.05, 4.69) is 11.8 Å². The minimum absolute atomic E-state index is 0.0409. The van der Waals surface area contributed by atoms with Gasteiger partial charge >= 0.3 is 0 Å². The van der Waals surface area contributed by atoms with Gasteiger partial charge in [0.15, 0.2) is 5.78 Å². The Bertz CT molecular complexity index is 756. The fraction of sp³-hybridized carbons (Fsp3) is 0.421. The summed E-state index contributed by atoms with van der Waals surface area (Å²) in [5.41, 5.74) is 2.31. The van der Waals surface area contributed by atoms with E-state index in [4.69, 9.17) is 5.11 Å². The normalized spacial score (nSPS) is 20.0. The lowest BCUT2D eigenvalue weighted by Crippen LogP contribution is -2.44. The van der Waals surface area contributed by atoms with Crippen LogP contribution in [0, 0.1) is 11.8 Å². The molecule has 1 saturated carbocycles. The topological polar surface area (TPSA) is 74.7 Å². The molecule has 1 heterocycles. The first-order valence-corrected chi connectivity index (χ1v) is 8.18. The van der Waals surface area contributed by atoms with Crippen LogP contribution in [0.15, 0.2) is 18.2 Å². The summed E-state index contributed by atoms with van der Waals surface area (Å²) in [6, 6.07) is 4.96. The van der Waals surface area contributed by atoms with Crippen molar-refractivity contribution in [3.63, 3.8) is 0 Å². The van der Waals surface area contributed by atoms with Gasteiger partial charge in [0, 0.05) is 37.1 Å². The van der Waals surface area contributed by atoms with Gasteiger partial charge in [-0.3, -0.25) is 14.4 Å². The van der Waals surface area contributed by atoms with E-state index in [1.54, 1.807) is 17.0 Å². The van der Waals surface area contributed by atoms with Crippen LogP contribution in [-0.4, -0.2) is 40.1 Å². The molecule has 0 bridgehead atoms. The highest BCUT2D eigenvalue weighted by Gasteiger charge is 2.38. The Morgan fingerprint density at radius 3 is 2.83 bits per heavy atom. The van der Waals surface area contributed by atoms with Crippen LogP contribution in [0.5, 0.6) is 0 Å². The monoisotopic (exact) mass is 325 g/mol. The van der Waals surface area contributed by atoms with Crippen molar-refractivity contribution in [3.8, 4) is 11.8 Å². The van der Waals surface area contributed by atoms with Gasteiger partial charge in [-0.05, 0) is 36.6 Å². The van der Waals surface area contributed by atoms with E-state index in [9.17, 15) is 14.4 Å². The van der Waals surface area contributed by atoms with E-state index in [0.29, 0.717) is 37.8 Å². The fourth-order valence-corrected chi connectivity index (χ4v) is 3.19. The molecule has 5 nitrogen and oxygen atoms in total. The maximum atomic E-state index is 12.6. The summed E-state index contributed by atoms with van der Waals surface area (Å²) in [4.78, 5) is 37.6. The lowest BCUT2D eigenvalue weighted by Gasteiger charge is -2.29. The summed E-state index contributed by atoms with van der Waals surface area (Å²) in [6.45, 7) is 0.519. The average Bonchev–Trinajstić information content (AvgIpc) is 2.88. The molecule has 3 rings (SSSR count). The zero-order valence-electron chi connectivity index (χ0n) is 13.4. The summed E-state index contributed by atoms with van der Waals surface area (Å²) in [5.74, 6) is 5.68. The molecule has 0 spiro atoms. The number of carbonyl (C=O) groups is 3. The van der Waals surface area contributed by atoms with Gasteiger partial charge in [-0.15, -0.1) is 0 Å². The summed E-state index contributed by atoms with van der Waals surface area (Å²) in [6.07, 6.45) is 1.99. The number of aliphatic hydroxyl groups is 1. The van der Waals surface area contributed by atoms with Crippen LogP contribution in [0.4, 0.5) is 0 Å². The predicted molar refractivity (Wildman–Crippen MR) is 87.2 cm³/mol. The third-order valence-electron chi connectivity index (χ3n) is 4.45. The van der Waals surface area contributed by atoms with Crippen LogP contribution >= 0.6 is 0 Å². The maximum Gasteiger partial charge on any atom is 0.255 e. The van der Waals surface area contributed by atoms with Crippen molar-refractivity contribution in [2.24, 2.45) is 0 Å². The van der Waals surface area contributed by atoms with Gasteiger partial charge in [-0.1, -0.05) is 11.8 Å². The Hall–Kier alpha value is -2.45. The second-order valence-corrected chi connectivity index (χ2v) is 6.17. The van der Waals surface area contributed by atoms with Crippen molar-refractivity contribution in [2.75, 3.05) is 6.61 Å². The summed E-state index contributed by atoms with van der Waals surface area (Å²) < 4.78 is 0. The molecule has 1 aromatic carbocycles. The Morgan fingerprint density at radius 2 is 2.08 bits per heavy atom. The number of unbranched alkanes of at least 4 members (excludes halogenated alkanes) is 1. The zero-order valence-corrected chi connectivity index (χ0v) is 13.4. The van der Waals surface area contributed by atoms with E-state index in [1.807, 2.05) is 6.07 Å². The quantitative estimate of drug-likeness (QED) is 0.519. The van der Waals surface area contributed by atoms with E-state index >= 15 is 0 Å². The van der Waals surface area contributed by atoms with Crippen LogP contribution < -0.4 is 0 Å². The van der Waals surface area contributed by atoms with Crippen molar-refractivity contribution in [2.45, 2.75) is 44.7 Å². The van der Waals surface area contributed by atoms with Crippen LogP contribution in [0.1, 0.15) is 53.6 Å². The molecule has 1 fully saturated rings. The van der Waals surface area contributed by atoms with Gasteiger partial charge < -0.3 is 10.0 Å². The van der Waals surface area contributed by atoms with Gasteiger partial charge in [-0.25, -0.2) is 0 Å². The number of hydrogen-bond acceptors (Lipinski definition) is 4. The van der Waals surface area contributed by atoms with E-state index < -0.39 is 6.04 Å². The van der Waals surface area contributed by atoms with Crippen LogP contribution in [0.25, 0.3) is 0 Å². The van der Waals surface area contributed by atoms with Gasteiger partial charge in [0.1, 0.15) is 5.78 Å². The Balaban J connectivity index is 1.76. The van der Waals surface area contributed by atoms with Crippen LogP contribution in [-0.2, 0) is 16.1 Å². The minimum Gasteiger partial charge on any atom is -0.396 e. The van der Waals surface area contributed by atoms with Crippen LogP contribution in [0.2, 0.25) is 0 Å². The Morgan fingerprint density at radius 1 is 1.25 bits per heavy atom. The number of amides is 1. The van der Waals surface area contributed by atoms with Gasteiger partial charge in [0.2, 0.25) is 0 Å². The molecule has 5 heteroatoms. The van der Waals surface area contributed by atoms with E-state index in [0.717, 1.165) is 11.1 Å². The van der Waals surface area contributed by atoms with Crippen molar-refractivity contribution in [1.82, 2.24) is 4.90 Å². The molecule has 1 unspecified atom stereocenters. The molecule has 24 heavy (non-hydrogen) atoms. The molecule has 124 valence electrons. The molecule has 1 aliphatic heterocycles. The summed E-state index contributed by atoms with van der Waals surface area (Å²) in [7, 11) is 0. The molecule has 1 amide bonds. The second-order valence-electron chi connectivity index (χ2n) is 6.17. The highest BCUT2D eigenvalue weighted by molar-refractivity contribution is 6.07. The molecular weight excluding hydrogens is 306 g/mol. The highest BCUT2D eigenvalue weighted by atomic mass is 16.3. The molecule has 0 radical (unpaired) electrons. The number of aliphatic hydroxyl groups excluding tert-OH is 1. The van der Waals surface area contributed by atoms with Gasteiger partial charge in [0.05, 0.1) is 12.5 Å². The van der Waals surface area contributed by atoms with Crippen molar-refractivity contribution in [1.29, 1.82) is 0 Å². The standard InChI is InChI=1S/C19H19NO4/c21-9-3-1-2-4-13-5-7-16-14(10-13)12-20(19(16)24)17-8-6-15(22)11-18(17)23/h5,7,10,17,21H,1,3,6,8-9,11-12H2. The molecule has 1 atom stereocenters. The van der Waals surface area contributed by atoms with Gasteiger partial charge in [-0.2, -0.15) is 0 Å². The Labute approximate surface area is 140 Å². The first kappa shape index (κ1) is 16.4. The number of nitrogens with zero attached hydrogens (tertiary/aromatic N) is 1. The number of fused-ring (bicyclic) bond motifs is 1. The zero-order chi connectivity index (χ0) is 17.1. The number of hydrogen-bond donors (Lipinski definition) is 1. The maximum absolute atomic E-state index is 12.6. The number of ketones is 2. The van der Waals surface area contributed by atoms with Gasteiger partial charge in [0.25, 0.3) is 5.91 Å². The van der Waals surface area contributed by atoms with Crippen molar-refractivity contribution in [3.05, 3.63) is 34.9 Å². The van der Waals surface area contributed by atoms with E-state index in [-0.39, 0.29) is 30.5 Å². The third-order valence-corrected chi connectivity index (χ3v) is 4.45. The lowest BCUT2D eigenvalue weighted by atomic mass is 9.92. The highest BCUT2D eigenvalue weighted by Crippen LogP contribution is 2.29. The van der Waals surface area contributed by atoms with E-state index in [1.165, 1.54) is 0 Å².